The molecule has 0 bridgehead atoms. The van der Waals surface area contributed by atoms with E-state index in [-0.39, 0.29) is 0 Å². The number of hydrogen-bond acceptors (Lipinski definition) is 4. The number of anilines is 1. The van der Waals surface area contributed by atoms with Gasteiger partial charge in [-0.3, -0.25) is 9.98 Å². The molecule has 108 valence electrons. The van der Waals surface area contributed by atoms with Crippen LogP contribution in [0.5, 0.6) is 0 Å². The van der Waals surface area contributed by atoms with Gasteiger partial charge in [-0.25, -0.2) is 4.98 Å². The molecule has 4 nitrogen and oxygen atoms in total. The lowest BCUT2D eigenvalue weighted by molar-refractivity contribution is 0.510. The van der Waals surface area contributed by atoms with Gasteiger partial charge in [0, 0.05) is 28.7 Å². The Labute approximate surface area is 133 Å². The quantitative estimate of drug-likeness (QED) is 0.823. The number of fused-ring (bicyclic) bond motifs is 1. The average molecular weight is 309 g/mol. The second-order valence-electron chi connectivity index (χ2n) is 5.47. The highest BCUT2D eigenvalue weighted by atomic mass is 35.5. The second kappa shape index (κ2) is 5.11. The van der Waals surface area contributed by atoms with Crippen molar-refractivity contribution >= 4 is 23.6 Å². The lowest BCUT2D eigenvalue weighted by Gasteiger charge is -2.30. The molecule has 1 aromatic carbocycles. The van der Waals surface area contributed by atoms with E-state index in [9.17, 15) is 0 Å². The fourth-order valence-electron chi connectivity index (χ4n) is 2.78. The highest BCUT2D eigenvalue weighted by molar-refractivity contribution is 6.30. The summed E-state index contributed by atoms with van der Waals surface area (Å²) in [6.07, 6.45) is 8.93. The standard InChI is InChI=1S/C17H13ClN4/c18-13-3-4-16-15(9-13)17(12-1-2-12,22-11-21-16)6-5-14-10-19-7-8-20-14/h3-4,7-12H,1-2H2,(H,21,22). The summed E-state index contributed by atoms with van der Waals surface area (Å²) in [6, 6.07) is 5.81. The minimum Gasteiger partial charge on any atom is -0.346 e. The molecule has 2 aromatic rings. The lowest BCUT2D eigenvalue weighted by atomic mass is 9.84. The Morgan fingerprint density at radius 1 is 1.27 bits per heavy atom. The van der Waals surface area contributed by atoms with Crippen LogP contribution in [-0.4, -0.2) is 16.3 Å². The van der Waals surface area contributed by atoms with Gasteiger partial charge < -0.3 is 5.32 Å². The molecule has 0 amide bonds. The summed E-state index contributed by atoms with van der Waals surface area (Å²) in [7, 11) is 0. The van der Waals surface area contributed by atoms with Crippen LogP contribution in [0.25, 0.3) is 0 Å². The summed E-state index contributed by atoms with van der Waals surface area (Å²) in [5, 5.41) is 3.88. The molecule has 1 unspecified atom stereocenters. The van der Waals surface area contributed by atoms with Crippen molar-refractivity contribution in [3.63, 3.8) is 0 Å². The summed E-state index contributed by atoms with van der Waals surface area (Å²) >= 11 is 6.20. The zero-order valence-electron chi connectivity index (χ0n) is 11.8. The Balaban J connectivity index is 1.85. The van der Waals surface area contributed by atoms with Gasteiger partial charge in [-0.1, -0.05) is 17.5 Å². The summed E-state index contributed by atoms with van der Waals surface area (Å²) in [4.78, 5) is 13.0. The van der Waals surface area contributed by atoms with E-state index < -0.39 is 5.54 Å². The molecule has 0 spiro atoms. The Morgan fingerprint density at radius 3 is 2.95 bits per heavy atom. The summed E-state index contributed by atoms with van der Waals surface area (Å²) in [5.74, 6) is 6.90. The third-order valence-corrected chi connectivity index (χ3v) is 4.23. The highest BCUT2D eigenvalue weighted by Gasteiger charge is 2.47. The van der Waals surface area contributed by atoms with E-state index in [0.29, 0.717) is 16.6 Å². The molecule has 2 heterocycles. The van der Waals surface area contributed by atoms with E-state index in [1.165, 1.54) is 0 Å². The van der Waals surface area contributed by atoms with Gasteiger partial charge in [0.05, 0.1) is 12.5 Å². The second-order valence-corrected chi connectivity index (χ2v) is 5.91. The fraction of sp³-hybridized carbons (Fsp3) is 0.235. The summed E-state index contributed by atoms with van der Waals surface area (Å²) in [6.45, 7) is 0. The van der Waals surface area contributed by atoms with Crippen LogP contribution in [-0.2, 0) is 5.54 Å². The van der Waals surface area contributed by atoms with Crippen molar-refractivity contribution in [3.05, 3.63) is 53.1 Å². The van der Waals surface area contributed by atoms with E-state index in [1.54, 1.807) is 24.9 Å². The topological polar surface area (TPSA) is 50.2 Å². The average Bonchev–Trinajstić information content (AvgIpc) is 3.39. The number of hydrogen-bond donors (Lipinski definition) is 1. The highest BCUT2D eigenvalue weighted by Crippen LogP contribution is 2.51. The maximum absolute atomic E-state index is 6.20. The van der Waals surface area contributed by atoms with Crippen molar-refractivity contribution in [1.82, 2.24) is 9.97 Å². The first-order valence-corrected chi connectivity index (χ1v) is 7.55. The van der Waals surface area contributed by atoms with Gasteiger partial charge in [-0.15, -0.1) is 0 Å². The number of rotatable bonds is 1. The molecule has 1 N–H and O–H groups in total. The van der Waals surface area contributed by atoms with Gasteiger partial charge in [0.2, 0.25) is 0 Å². The van der Waals surface area contributed by atoms with Gasteiger partial charge in [0.1, 0.15) is 5.69 Å². The predicted molar refractivity (Wildman–Crippen MR) is 86.9 cm³/mol. The minimum absolute atomic E-state index is 0.423. The summed E-state index contributed by atoms with van der Waals surface area (Å²) in [5.41, 5.74) is 2.17. The lowest BCUT2D eigenvalue weighted by Crippen LogP contribution is -2.30. The number of halogens is 1. The number of aromatic nitrogens is 2. The molecule has 5 heteroatoms. The van der Waals surface area contributed by atoms with Crippen LogP contribution in [0.2, 0.25) is 5.02 Å². The molecule has 2 aliphatic rings. The fourth-order valence-corrected chi connectivity index (χ4v) is 2.95. The number of nitrogens with zero attached hydrogens (tertiary/aromatic N) is 3. The molecule has 0 radical (unpaired) electrons. The number of nitrogens with one attached hydrogen (secondary N) is 1. The smallest absolute Gasteiger partial charge is 0.153 e. The van der Waals surface area contributed by atoms with E-state index in [2.05, 4.69) is 27.1 Å². The van der Waals surface area contributed by atoms with Crippen molar-refractivity contribution in [2.45, 2.75) is 18.4 Å². The predicted octanol–water partition coefficient (Wildman–Crippen LogP) is 3.24. The van der Waals surface area contributed by atoms with Gasteiger partial charge in [0.25, 0.3) is 0 Å². The maximum Gasteiger partial charge on any atom is 0.153 e. The molecule has 1 aliphatic heterocycles. The number of benzene rings is 1. The van der Waals surface area contributed by atoms with Gasteiger partial charge in [-0.05, 0) is 42.9 Å². The Bertz CT molecular complexity index is 802. The molecule has 1 aliphatic carbocycles. The van der Waals surface area contributed by atoms with Crippen LogP contribution < -0.4 is 5.32 Å². The van der Waals surface area contributed by atoms with Gasteiger partial charge in [0.15, 0.2) is 5.54 Å². The molecular formula is C17H13ClN4. The van der Waals surface area contributed by atoms with Crippen molar-refractivity contribution < 1.29 is 0 Å². The molecule has 1 saturated carbocycles. The largest absolute Gasteiger partial charge is 0.346 e. The Morgan fingerprint density at radius 2 is 2.18 bits per heavy atom. The van der Waals surface area contributed by atoms with Crippen molar-refractivity contribution in [2.24, 2.45) is 10.9 Å². The normalized spacial score (nSPS) is 22.2. The molecule has 22 heavy (non-hydrogen) atoms. The molecular weight excluding hydrogens is 296 g/mol. The van der Waals surface area contributed by atoms with Crippen LogP contribution in [0, 0.1) is 17.8 Å². The monoisotopic (exact) mass is 308 g/mol. The van der Waals surface area contributed by atoms with E-state index in [4.69, 9.17) is 16.6 Å². The molecule has 4 rings (SSSR count). The zero-order valence-corrected chi connectivity index (χ0v) is 12.5. The van der Waals surface area contributed by atoms with Crippen molar-refractivity contribution in [2.75, 3.05) is 5.32 Å². The van der Waals surface area contributed by atoms with Gasteiger partial charge >= 0.3 is 0 Å². The molecule has 1 fully saturated rings. The van der Waals surface area contributed by atoms with Crippen LogP contribution in [0.3, 0.4) is 0 Å². The third kappa shape index (κ3) is 2.24. The Hall–Kier alpha value is -2.38. The van der Waals surface area contributed by atoms with Crippen LogP contribution >= 0.6 is 11.6 Å². The molecule has 1 atom stereocenters. The van der Waals surface area contributed by atoms with Crippen LogP contribution in [0.15, 0.2) is 41.8 Å². The third-order valence-electron chi connectivity index (χ3n) is 3.99. The first-order chi connectivity index (χ1) is 10.8. The van der Waals surface area contributed by atoms with Crippen molar-refractivity contribution in [3.8, 4) is 11.8 Å². The first-order valence-electron chi connectivity index (χ1n) is 7.17. The van der Waals surface area contributed by atoms with E-state index in [0.717, 1.165) is 24.1 Å². The summed E-state index contributed by atoms with van der Waals surface area (Å²) < 4.78 is 0. The number of aliphatic imine (C=N–C) groups is 1. The van der Waals surface area contributed by atoms with E-state index >= 15 is 0 Å². The SMILES string of the molecule is Clc1ccc2c(c1)C(C#Cc1cnccn1)(C1CC1)N=CN2. The van der Waals surface area contributed by atoms with Crippen molar-refractivity contribution in [1.29, 1.82) is 0 Å². The molecule has 1 aromatic heterocycles. The van der Waals surface area contributed by atoms with Crippen LogP contribution in [0.4, 0.5) is 5.69 Å². The zero-order chi connectivity index (χ0) is 15.0. The van der Waals surface area contributed by atoms with E-state index in [1.807, 2.05) is 18.2 Å². The Kier molecular flexibility index (Phi) is 3.09. The van der Waals surface area contributed by atoms with Crippen LogP contribution in [0.1, 0.15) is 24.1 Å². The minimum atomic E-state index is -0.539. The molecule has 0 saturated heterocycles. The maximum atomic E-state index is 6.20. The van der Waals surface area contributed by atoms with Gasteiger partial charge in [-0.2, -0.15) is 0 Å². The first kappa shape index (κ1) is 13.3.